The van der Waals surface area contributed by atoms with Crippen molar-refractivity contribution in [2.75, 3.05) is 11.9 Å². The molecule has 0 rings (SSSR count). The van der Waals surface area contributed by atoms with Gasteiger partial charge in [-0.05, 0) is 48.0 Å². The minimum atomic E-state index is -4.04. The van der Waals surface area contributed by atoms with Gasteiger partial charge in [0.05, 0.1) is 26.6 Å². The van der Waals surface area contributed by atoms with Crippen LogP contribution in [0.3, 0.4) is 0 Å². The average Bonchev–Trinajstić information content (AvgIpc) is 1.90. The molecule has 16 heavy (non-hydrogen) atoms. The second-order valence-corrected chi connectivity index (χ2v) is 12.3. The van der Waals surface area contributed by atoms with Crippen molar-refractivity contribution >= 4 is 18.0 Å². The molecular formula is C11H25O3PS. The molecule has 0 unspecified atom stereocenters. The topological polar surface area (TPSA) is 57.2 Å². The van der Waals surface area contributed by atoms with Crippen LogP contribution in [0, 0.1) is 0 Å². The summed E-state index contributed by atoms with van der Waals surface area (Å²) in [7, 11) is -4.75. The molecular weight excluding hydrogens is 243 g/mol. The van der Waals surface area contributed by atoms with Crippen molar-refractivity contribution in [3.8, 4) is 0 Å². The minimum absolute atomic E-state index is 0.215. The predicted octanol–water partition coefficient (Wildman–Crippen LogP) is 2.73. The lowest BCUT2D eigenvalue weighted by Gasteiger charge is -2.34. The van der Waals surface area contributed by atoms with Gasteiger partial charge < -0.3 is 4.55 Å². The van der Waals surface area contributed by atoms with Gasteiger partial charge >= 0.3 is 0 Å². The number of rotatable bonds is 4. The first kappa shape index (κ1) is 16.3. The molecule has 98 valence electrons. The fraction of sp³-hybridized carbons (Fsp3) is 1.00. The zero-order valence-corrected chi connectivity index (χ0v) is 13.1. The van der Waals surface area contributed by atoms with Crippen molar-refractivity contribution in [2.24, 2.45) is 0 Å². The lowest BCUT2D eigenvalue weighted by Crippen LogP contribution is -2.27. The van der Waals surface area contributed by atoms with E-state index >= 15 is 0 Å². The van der Waals surface area contributed by atoms with E-state index in [0.717, 1.165) is 6.16 Å². The van der Waals surface area contributed by atoms with E-state index in [-0.39, 0.29) is 16.1 Å². The summed E-state index contributed by atoms with van der Waals surface area (Å²) in [6, 6.07) is 0. The summed E-state index contributed by atoms with van der Waals surface area (Å²) >= 11 is 0. The van der Waals surface area contributed by atoms with Crippen molar-refractivity contribution in [2.45, 2.75) is 58.3 Å². The van der Waals surface area contributed by atoms with Gasteiger partial charge in [0.15, 0.2) is 0 Å². The van der Waals surface area contributed by atoms with Crippen LogP contribution in [0.25, 0.3) is 0 Å². The van der Waals surface area contributed by atoms with Crippen molar-refractivity contribution in [3.05, 3.63) is 0 Å². The average molecular weight is 268 g/mol. The quantitative estimate of drug-likeness (QED) is 0.582. The van der Waals surface area contributed by atoms with Crippen LogP contribution in [0.15, 0.2) is 0 Å². The number of hydrogen-bond acceptors (Lipinski definition) is 3. The molecule has 0 N–H and O–H groups in total. The molecule has 0 aliphatic rings. The summed E-state index contributed by atoms with van der Waals surface area (Å²) < 4.78 is 31.7. The summed E-state index contributed by atoms with van der Waals surface area (Å²) in [5.74, 6) is -0.215. The molecule has 0 atom stereocenters. The molecule has 0 saturated heterocycles. The molecule has 0 aromatic rings. The Hall–Kier alpha value is 0.340. The van der Waals surface area contributed by atoms with E-state index in [1.165, 1.54) is 0 Å². The smallest absolute Gasteiger partial charge is 0.0947 e. The number of hydrogen-bond donors (Lipinski definition) is 0. The van der Waals surface area contributed by atoms with Crippen molar-refractivity contribution in [1.29, 1.82) is 0 Å². The largest absolute Gasteiger partial charge is 0.748 e. The fourth-order valence-corrected chi connectivity index (χ4v) is 7.34. The molecule has 0 saturated carbocycles. The van der Waals surface area contributed by atoms with Crippen LogP contribution in [0.2, 0.25) is 0 Å². The third-order valence-electron chi connectivity index (χ3n) is 2.63. The highest BCUT2D eigenvalue weighted by atomic mass is 32.2. The zero-order valence-electron chi connectivity index (χ0n) is 11.3. The van der Waals surface area contributed by atoms with Gasteiger partial charge in [-0.3, -0.25) is 0 Å². The highest BCUT2D eigenvalue weighted by Gasteiger charge is 2.41. The van der Waals surface area contributed by atoms with Crippen molar-refractivity contribution in [3.63, 3.8) is 0 Å². The molecule has 0 aliphatic heterocycles. The second-order valence-electron chi connectivity index (χ2n) is 6.34. The molecule has 0 radical (unpaired) electrons. The first-order chi connectivity index (χ1) is 6.84. The van der Waals surface area contributed by atoms with Crippen LogP contribution < -0.4 is 0 Å². The minimum Gasteiger partial charge on any atom is -0.748 e. The van der Waals surface area contributed by atoms with Crippen LogP contribution in [0.5, 0.6) is 0 Å². The predicted molar refractivity (Wildman–Crippen MR) is 71.9 cm³/mol. The Morgan fingerprint density at radius 1 is 1.00 bits per heavy atom. The van der Waals surface area contributed by atoms with Gasteiger partial charge in [-0.1, -0.05) is 0 Å². The van der Waals surface area contributed by atoms with E-state index in [1.807, 2.05) is 0 Å². The molecule has 0 heterocycles. The Kier molecular flexibility index (Phi) is 5.44. The Balaban J connectivity index is 4.49. The van der Waals surface area contributed by atoms with Gasteiger partial charge in [0.1, 0.15) is 0 Å². The lowest BCUT2D eigenvalue weighted by atomic mass is 10.2. The first-order valence-corrected chi connectivity index (χ1v) is 8.93. The summed E-state index contributed by atoms with van der Waals surface area (Å²) in [4.78, 5) is 0. The van der Waals surface area contributed by atoms with Crippen LogP contribution in [0.1, 0.15) is 48.0 Å². The first-order valence-electron chi connectivity index (χ1n) is 5.64. The summed E-state index contributed by atoms with van der Waals surface area (Å²) in [5.41, 5.74) is 0. The van der Waals surface area contributed by atoms with Crippen LogP contribution >= 0.6 is 7.92 Å². The third-order valence-corrected chi connectivity index (χ3v) is 7.90. The summed E-state index contributed by atoms with van der Waals surface area (Å²) in [6.07, 6.45) is 1.40. The van der Waals surface area contributed by atoms with Crippen LogP contribution in [-0.4, -0.2) is 35.2 Å². The molecule has 0 amide bonds. The van der Waals surface area contributed by atoms with E-state index < -0.39 is 18.0 Å². The van der Waals surface area contributed by atoms with Gasteiger partial charge in [0.25, 0.3) is 0 Å². The van der Waals surface area contributed by atoms with Gasteiger partial charge in [-0.25, -0.2) is 8.42 Å². The monoisotopic (exact) mass is 268 g/mol. The maximum absolute atomic E-state index is 10.6. The second kappa shape index (κ2) is 5.32. The normalized spacial score (nSPS) is 14.5. The van der Waals surface area contributed by atoms with Gasteiger partial charge in [-0.2, -0.15) is 0 Å². The third kappa shape index (κ3) is 6.82. The summed E-state index contributed by atoms with van der Waals surface area (Å²) in [5, 5.41) is 0.463. The van der Waals surface area contributed by atoms with Gasteiger partial charge in [0.2, 0.25) is 0 Å². The molecule has 0 fully saturated rings. The van der Waals surface area contributed by atoms with Crippen molar-refractivity contribution < 1.29 is 13.0 Å². The summed E-state index contributed by atoms with van der Waals surface area (Å²) in [6.45, 7) is 13.2. The van der Waals surface area contributed by atoms with Crippen LogP contribution in [0.4, 0.5) is 0 Å². The lowest BCUT2D eigenvalue weighted by molar-refractivity contribution is 0.462. The molecule has 0 spiro atoms. The van der Waals surface area contributed by atoms with E-state index in [2.05, 4.69) is 41.5 Å². The molecule has 5 heteroatoms. The van der Waals surface area contributed by atoms with Crippen molar-refractivity contribution in [1.82, 2.24) is 0 Å². The van der Waals surface area contributed by atoms with Gasteiger partial charge in [0, 0.05) is 13.7 Å². The highest BCUT2D eigenvalue weighted by Crippen LogP contribution is 2.59. The Bertz CT molecular complexity index is 295. The Labute approximate surface area is 102 Å². The van der Waals surface area contributed by atoms with E-state index in [1.54, 1.807) is 0 Å². The van der Waals surface area contributed by atoms with Gasteiger partial charge in [-0.15, -0.1) is 0 Å². The Morgan fingerprint density at radius 3 is 1.62 bits per heavy atom. The highest BCUT2D eigenvalue weighted by molar-refractivity contribution is 7.85. The standard InChI is InChI=1S/C11H25O3PS/c1-10(2,3)15(11(4,5)6)8-7-9-16(12,13)14/h7-9H2,1-6H3,(H,12,13,14). The molecule has 3 nitrogen and oxygen atoms in total. The van der Waals surface area contributed by atoms with Crippen LogP contribution in [-0.2, 0) is 10.1 Å². The maximum atomic E-state index is 10.6. The molecule has 0 bridgehead atoms. The van der Waals surface area contributed by atoms with E-state index in [0.29, 0.717) is 6.42 Å². The maximum Gasteiger partial charge on any atom is 0.0947 e. The zero-order chi connectivity index (χ0) is 13.2. The molecule has 0 aliphatic carbocycles. The fourth-order valence-electron chi connectivity index (χ4n) is 2.30. The SMILES string of the molecule is CC(C)(C)[PH+](CCCS(=O)(=O)[O-])C(C)(C)C. The molecule has 0 aromatic heterocycles. The molecule has 0 aromatic carbocycles. The van der Waals surface area contributed by atoms with E-state index in [4.69, 9.17) is 0 Å². The Morgan fingerprint density at radius 2 is 1.38 bits per heavy atom. The van der Waals surface area contributed by atoms with E-state index in [9.17, 15) is 13.0 Å².